The molecule has 1 unspecified atom stereocenters. The lowest BCUT2D eigenvalue weighted by Crippen LogP contribution is -2.17. The molecule has 0 radical (unpaired) electrons. The van der Waals surface area contributed by atoms with E-state index in [1.54, 1.807) is 6.26 Å². The first-order valence-corrected chi connectivity index (χ1v) is 6.83. The van der Waals surface area contributed by atoms with Crippen LogP contribution in [0, 0.1) is 0 Å². The van der Waals surface area contributed by atoms with Crippen molar-refractivity contribution < 1.29 is 23.4 Å². The zero-order valence-corrected chi connectivity index (χ0v) is 11.9. The Morgan fingerprint density at radius 1 is 1.11 bits per heavy atom. The highest BCUT2D eigenvalue weighted by Gasteiger charge is 2.03. The summed E-state index contributed by atoms with van der Waals surface area (Å²) in [4.78, 5) is 0. The summed E-state index contributed by atoms with van der Waals surface area (Å²) in [7, 11) is 0. The Labute approximate surface area is 118 Å². The van der Waals surface area contributed by atoms with Crippen molar-refractivity contribution in [1.29, 1.82) is 0 Å². The van der Waals surface area contributed by atoms with Crippen LogP contribution in [0.3, 0.4) is 0 Å². The lowest BCUT2D eigenvalue weighted by atomic mass is 10.5. The molecule has 1 atom stereocenters. The van der Waals surface area contributed by atoms with Crippen molar-refractivity contribution in [3.8, 4) is 0 Å². The zero-order chi connectivity index (χ0) is 13.8. The molecule has 0 aromatic carbocycles. The van der Waals surface area contributed by atoms with Crippen LogP contribution in [-0.2, 0) is 25.6 Å². The van der Waals surface area contributed by atoms with Gasteiger partial charge in [-0.1, -0.05) is 0 Å². The third-order valence-electron chi connectivity index (χ3n) is 2.21. The third-order valence-corrected chi connectivity index (χ3v) is 2.37. The third kappa shape index (κ3) is 9.02. The molecule has 1 aromatic rings. The van der Waals surface area contributed by atoms with E-state index in [1.807, 2.05) is 19.1 Å². The quantitative estimate of drug-likeness (QED) is 0.336. The van der Waals surface area contributed by atoms with Gasteiger partial charge in [-0.05, 0) is 19.1 Å². The average molecular weight is 293 g/mol. The van der Waals surface area contributed by atoms with Crippen molar-refractivity contribution >= 4 is 11.6 Å². The first kappa shape index (κ1) is 16.5. The highest BCUT2D eigenvalue weighted by atomic mass is 35.5. The molecule has 0 aliphatic rings. The van der Waals surface area contributed by atoms with Crippen LogP contribution in [0.25, 0.3) is 0 Å². The standard InChI is InChI=1S/C13H21ClO5/c1-12(19-11-13-3-2-5-18-13)17-10-9-16-8-7-15-6-4-14/h2-3,5,12H,4,6-11H2,1H3. The Hall–Kier alpha value is -0.590. The Morgan fingerprint density at radius 3 is 2.53 bits per heavy atom. The lowest BCUT2D eigenvalue weighted by Gasteiger charge is -2.13. The summed E-state index contributed by atoms with van der Waals surface area (Å²) in [6, 6.07) is 3.68. The van der Waals surface area contributed by atoms with E-state index in [0.29, 0.717) is 45.5 Å². The molecule has 0 bridgehead atoms. The fourth-order valence-corrected chi connectivity index (χ4v) is 1.40. The highest BCUT2D eigenvalue weighted by Crippen LogP contribution is 2.04. The molecule has 5 nitrogen and oxygen atoms in total. The molecule has 1 rings (SSSR count). The van der Waals surface area contributed by atoms with Crippen molar-refractivity contribution in [3.05, 3.63) is 24.2 Å². The molecular weight excluding hydrogens is 272 g/mol. The molecule has 6 heteroatoms. The van der Waals surface area contributed by atoms with E-state index in [-0.39, 0.29) is 6.29 Å². The van der Waals surface area contributed by atoms with Gasteiger partial charge in [-0.3, -0.25) is 0 Å². The lowest BCUT2D eigenvalue weighted by molar-refractivity contribution is -0.149. The SMILES string of the molecule is CC(OCCOCCOCCCl)OCc1ccco1. The van der Waals surface area contributed by atoms with E-state index < -0.39 is 0 Å². The van der Waals surface area contributed by atoms with E-state index in [1.165, 1.54) is 0 Å². The Morgan fingerprint density at radius 2 is 1.84 bits per heavy atom. The second-order valence-corrected chi connectivity index (χ2v) is 4.12. The molecule has 0 spiro atoms. The Balaban J connectivity index is 1.86. The second-order valence-electron chi connectivity index (χ2n) is 3.74. The van der Waals surface area contributed by atoms with Gasteiger partial charge in [-0.15, -0.1) is 11.6 Å². The number of alkyl halides is 1. The number of hydrogen-bond donors (Lipinski definition) is 0. The smallest absolute Gasteiger partial charge is 0.155 e. The molecule has 19 heavy (non-hydrogen) atoms. The molecular formula is C13H21ClO5. The van der Waals surface area contributed by atoms with Crippen molar-refractivity contribution in [2.45, 2.75) is 19.8 Å². The van der Waals surface area contributed by atoms with Crippen molar-refractivity contribution in [1.82, 2.24) is 0 Å². The van der Waals surface area contributed by atoms with Gasteiger partial charge in [-0.25, -0.2) is 0 Å². The van der Waals surface area contributed by atoms with Crippen molar-refractivity contribution in [2.24, 2.45) is 0 Å². The van der Waals surface area contributed by atoms with Crippen LogP contribution in [0.15, 0.2) is 22.8 Å². The number of hydrogen-bond acceptors (Lipinski definition) is 5. The van der Waals surface area contributed by atoms with Gasteiger partial charge in [0.2, 0.25) is 0 Å². The minimum atomic E-state index is -0.291. The van der Waals surface area contributed by atoms with Crippen LogP contribution in [0.5, 0.6) is 0 Å². The number of furan rings is 1. The van der Waals surface area contributed by atoms with Crippen LogP contribution in [-0.4, -0.2) is 45.2 Å². The fraction of sp³-hybridized carbons (Fsp3) is 0.692. The summed E-state index contributed by atoms with van der Waals surface area (Å²) >= 11 is 5.46. The van der Waals surface area contributed by atoms with E-state index in [4.69, 9.17) is 35.0 Å². The van der Waals surface area contributed by atoms with Gasteiger partial charge in [0.15, 0.2) is 6.29 Å². The van der Waals surface area contributed by atoms with Crippen LogP contribution in [0.2, 0.25) is 0 Å². The van der Waals surface area contributed by atoms with E-state index in [0.717, 1.165) is 5.76 Å². The Bertz CT molecular complexity index is 291. The topological polar surface area (TPSA) is 50.1 Å². The van der Waals surface area contributed by atoms with E-state index >= 15 is 0 Å². The molecule has 0 saturated carbocycles. The van der Waals surface area contributed by atoms with Gasteiger partial charge in [0.1, 0.15) is 12.4 Å². The van der Waals surface area contributed by atoms with Gasteiger partial charge in [0.05, 0.1) is 39.3 Å². The van der Waals surface area contributed by atoms with Crippen molar-refractivity contribution in [3.63, 3.8) is 0 Å². The molecule has 0 N–H and O–H groups in total. The fourth-order valence-electron chi connectivity index (χ4n) is 1.29. The summed E-state index contributed by atoms with van der Waals surface area (Å²) in [6.07, 6.45) is 1.32. The molecule has 0 fully saturated rings. The molecule has 0 aliphatic heterocycles. The molecule has 0 aliphatic carbocycles. The molecule has 1 heterocycles. The maximum atomic E-state index is 5.46. The molecule has 1 aromatic heterocycles. The average Bonchev–Trinajstić information content (AvgIpc) is 2.93. The first-order valence-electron chi connectivity index (χ1n) is 6.30. The van der Waals surface area contributed by atoms with Gasteiger partial charge in [0, 0.05) is 5.88 Å². The molecule has 110 valence electrons. The summed E-state index contributed by atoms with van der Waals surface area (Å²) in [5.41, 5.74) is 0. The summed E-state index contributed by atoms with van der Waals surface area (Å²) in [6.45, 7) is 4.89. The molecule has 0 saturated heterocycles. The van der Waals surface area contributed by atoms with Gasteiger partial charge < -0.3 is 23.4 Å². The number of ether oxygens (including phenoxy) is 4. The zero-order valence-electron chi connectivity index (χ0n) is 11.2. The van der Waals surface area contributed by atoms with Gasteiger partial charge in [0.25, 0.3) is 0 Å². The van der Waals surface area contributed by atoms with Crippen LogP contribution < -0.4 is 0 Å². The van der Waals surface area contributed by atoms with E-state index in [2.05, 4.69) is 0 Å². The minimum Gasteiger partial charge on any atom is -0.467 e. The van der Waals surface area contributed by atoms with Crippen molar-refractivity contribution in [2.75, 3.05) is 38.9 Å². The molecule has 0 amide bonds. The maximum Gasteiger partial charge on any atom is 0.155 e. The largest absolute Gasteiger partial charge is 0.467 e. The minimum absolute atomic E-state index is 0.291. The first-order chi connectivity index (χ1) is 9.33. The highest BCUT2D eigenvalue weighted by molar-refractivity contribution is 6.17. The monoisotopic (exact) mass is 292 g/mol. The van der Waals surface area contributed by atoms with Gasteiger partial charge in [-0.2, -0.15) is 0 Å². The summed E-state index contributed by atoms with van der Waals surface area (Å²) < 4.78 is 26.5. The predicted molar refractivity (Wildman–Crippen MR) is 71.3 cm³/mol. The number of halogens is 1. The summed E-state index contributed by atoms with van der Waals surface area (Å²) in [5.74, 6) is 1.29. The Kier molecular flexibility index (Phi) is 9.75. The van der Waals surface area contributed by atoms with Gasteiger partial charge >= 0.3 is 0 Å². The summed E-state index contributed by atoms with van der Waals surface area (Å²) in [5, 5.41) is 0. The number of rotatable bonds is 12. The van der Waals surface area contributed by atoms with E-state index in [9.17, 15) is 0 Å². The van der Waals surface area contributed by atoms with Crippen LogP contribution in [0.1, 0.15) is 12.7 Å². The normalized spacial score (nSPS) is 12.7. The second kappa shape index (κ2) is 11.3. The predicted octanol–water partition coefficient (Wildman–Crippen LogP) is 2.43. The van der Waals surface area contributed by atoms with Crippen LogP contribution in [0.4, 0.5) is 0 Å². The van der Waals surface area contributed by atoms with Crippen LogP contribution >= 0.6 is 11.6 Å². The maximum absolute atomic E-state index is 5.46.